The van der Waals surface area contributed by atoms with Crippen LogP contribution < -0.4 is 19.5 Å². The number of hydrogen-bond donors (Lipinski definition) is 1. The number of methoxy groups -OCH3 is 2. The van der Waals surface area contributed by atoms with Gasteiger partial charge in [0.1, 0.15) is 11.3 Å². The van der Waals surface area contributed by atoms with Crippen molar-refractivity contribution < 1.29 is 23.8 Å². The van der Waals surface area contributed by atoms with Gasteiger partial charge in [-0.1, -0.05) is 18.2 Å². The first-order valence-electron chi connectivity index (χ1n) is 8.13. The molecule has 0 unspecified atom stereocenters. The standard InChI is InChI=1S/C20H18N2O5/c1-12(23)27-15-9-10-16(25-2)19(26-3)17(15)20(24)22-14-8-4-6-13-7-5-11-21-18(13)14/h4-11H,1-3H3,(H,22,24). The van der Waals surface area contributed by atoms with E-state index in [0.717, 1.165) is 5.39 Å². The van der Waals surface area contributed by atoms with Gasteiger partial charge in [-0.15, -0.1) is 0 Å². The number of nitrogens with zero attached hydrogens (tertiary/aromatic N) is 1. The summed E-state index contributed by atoms with van der Waals surface area (Å²) < 4.78 is 15.8. The highest BCUT2D eigenvalue weighted by molar-refractivity contribution is 6.12. The van der Waals surface area contributed by atoms with E-state index in [-0.39, 0.29) is 17.1 Å². The maximum atomic E-state index is 13.0. The summed E-state index contributed by atoms with van der Waals surface area (Å²) in [6.45, 7) is 1.26. The summed E-state index contributed by atoms with van der Waals surface area (Å²) in [5.74, 6) is -0.481. The van der Waals surface area contributed by atoms with Crippen LogP contribution in [0, 0.1) is 0 Å². The summed E-state index contributed by atoms with van der Waals surface area (Å²) in [7, 11) is 2.87. The van der Waals surface area contributed by atoms with Gasteiger partial charge in [0.2, 0.25) is 0 Å². The highest BCUT2D eigenvalue weighted by atomic mass is 16.5. The maximum Gasteiger partial charge on any atom is 0.308 e. The summed E-state index contributed by atoms with van der Waals surface area (Å²) in [6.07, 6.45) is 1.65. The molecular weight excluding hydrogens is 348 g/mol. The summed E-state index contributed by atoms with van der Waals surface area (Å²) >= 11 is 0. The Hall–Kier alpha value is -3.61. The van der Waals surface area contributed by atoms with Crippen molar-refractivity contribution in [1.29, 1.82) is 0 Å². The molecule has 0 spiro atoms. The van der Waals surface area contributed by atoms with Gasteiger partial charge in [-0.3, -0.25) is 14.6 Å². The first kappa shape index (κ1) is 18.2. The van der Waals surface area contributed by atoms with Gasteiger partial charge in [0.15, 0.2) is 11.5 Å². The lowest BCUT2D eigenvalue weighted by Crippen LogP contribution is -2.17. The molecule has 0 fully saturated rings. The number of anilines is 1. The predicted octanol–water partition coefficient (Wildman–Crippen LogP) is 3.43. The molecule has 27 heavy (non-hydrogen) atoms. The summed E-state index contributed by atoms with van der Waals surface area (Å²) in [6, 6.07) is 12.2. The molecule has 3 aromatic rings. The number of pyridine rings is 1. The van der Waals surface area contributed by atoms with Crippen LogP contribution >= 0.6 is 0 Å². The number of rotatable bonds is 5. The van der Waals surface area contributed by atoms with Gasteiger partial charge in [-0.05, 0) is 24.3 Å². The number of nitrogens with one attached hydrogen (secondary N) is 1. The lowest BCUT2D eigenvalue weighted by atomic mass is 10.1. The zero-order valence-corrected chi connectivity index (χ0v) is 15.1. The molecule has 7 heteroatoms. The van der Waals surface area contributed by atoms with Crippen molar-refractivity contribution in [2.24, 2.45) is 0 Å². The molecule has 138 valence electrons. The second-order valence-corrected chi connectivity index (χ2v) is 5.60. The van der Waals surface area contributed by atoms with Crippen molar-refractivity contribution >= 4 is 28.5 Å². The Bertz CT molecular complexity index is 1010. The third-order valence-corrected chi connectivity index (χ3v) is 3.87. The van der Waals surface area contributed by atoms with E-state index in [1.807, 2.05) is 24.3 Å². The van der Waals surface area contributed by atoms with Crippen molar-refractivity contribution in [3.8, 4) is 17.2 Å². The van der Waals surface area contributed by atoms with Crippen LogP contribution in [0.2, 0.25) is 0 Å². The molecule has 0 aliphatic rings. The molecular formula is C20H18N2O5. The smallest absolute Gasteiger partial charge is 0.308 e. The second kappa shape index (κ2) is 7.74. The second-order valence-electron chi connectivity index (χ2n) is 5.60. The van der Waals surface area contributed by atoms with E-state index in [4.69, 9.17) is 14.2 Å². The molecule has 7 nitrogen and oxygen atoms in total. The molecule has 3 rings (SSSR count). The Kier molecular flexibility index (Phi) is 5.21. The van der Waals surface area contributed by atoms with E-state index >= 15 is 0 Å². The number of para-hydroxylation sites is 1. The highest BCUT2D eigenvalue weighted by Gasteiger charge is 2.24. The molecule has 0 saturated carbocycles. The normalized spacial score (nSPS) is 10.3. The zero-order valence-electron chi connectivity index (χ0n) is 15.1. The first-order chi connectivity index (χ1) is 13.0. The number of amides is 1. The van der Waals surface area contributed by atoms with Crippen LogP contribution in [0.4, 0.5) is 5.69 Å². The zero-order chi connectivity index (χ0) is 19.4. The van der Waals surface area contributed by atoms with Crippen molar-refractivity contribution in [2.75, 3.05) is 19.5 Å². The minimum atomic E-state index is -0.553. The van der Waals surface area contributed by atoms with Crippen molar-refractivity contribution in [3.05, 3.63) is 54.2 Å². The van der Waals surface area contributed by atoms with Crippen molar-refractivity contribution in [2.45, 2.75) is 6.92 Å². The van der Waals surface area contributed by atoms with Crippen LogP contribution in [0.25, 0.3) is 10.9 Å². The Morgan fingerprint density at radius 2 is 1.70 bits per heavy atom. The minimum Gasteiger partial charge on any atom is -0.493 e. The van der Waals surface area contributed by atoms with Crippen LogP contribution in [0.5, 0.6) is 17.2 Å². The first-order valence-corrected chi connectivity index (χ1v) is 8.13. The van der Waals surface area contributed by atoms with E-state index in [1.54, 1.807) is 18.3 Å². The van der Waals surface area contributed by atoms with Gasteiger partial charge in [0, 0.05) is 18.5 Å². The van der Waals surface area contributed by atoms with Crippen LogP contribution in [-0.2, 0) is 4.79 Å². The summed E-state index contributed by atoms with van der Waals surface area (Å²) in [5, 5.41) is 3.70. The van der Waals surface area contributed by atoms with Crippen molar-refractivity contribution in [3.63, 3.8) is 0 Å². The van der Waals surface area contributed by atoms with Crippen LogP contribution in [0.1, 0.15) is 17.3 Å². The molecule has 1 amide bonds. The van der Waals surface area contributed by atoms with E-state index in [2.05, 4.69) is 10.3 Å². The van der Waals surface area contributed by atoms with Gasteiger partial charge in [-0.25, -0.2) is 0 Å². The average Bonchev–Trinajstić information content (AvgIpc) is 2.67. The molecule has 0 saturated heterocycles. The van der Waals surface area contributed by atoms with Crippen LogP contribution in [0.15, 0.2) is 48.7 Å². The third kappa shape index (κ3) is 3.67. The number of carbonyl (C=O) groups is 2. The van der Waals surface area contributed by atoms with Crippen LogP contribution in [0.3, 0.4) is 0 Å². The topological polar surface area (TPSA) is 86.8 Å². The van der Waals surface area contributed by atoms with E-state index in [1.165, 1.54) is 27.2 Å². The van der Waals surface area contributed by atoms with Crippen molar-refractivity contribution in [1.82, 2.24) is 4.98 Å². The summed E-state index contributed by atoms with van der Waals surface area (Å²) in [5.41, 5.74) is 1.22. The number of benzene rings is 2. The maximum absolute atomic E-state index is 13.0. The van der Waals surface area contributed by atoms with E-state index < -0.39 is 11.9 Å². The van der Waals surface area contributed by atoms with Gasteiger partial charge >= 0.3 is 5.97 Å². The van der Waals surface area contributed by atoms with Crippen LogP contribution in [-0.4, -0.2) is 31.1 Å². The average molecular weight is 366 g/mol. The number of fused-ring (bicyclic) bond motifs is 1. The number of carbonyl (C=O) groups excluding carboxylic acids is 2. The van der Waals surface area contributed by atoms with Gasteiger partial charge in [0.25, 0.3) is 5.91 Å². The van der Waals surface area contributed by atoms with Gasteiger partial charge in [0.05, 0.1) is 25.4 Å². The van der Waals surface area contributed by atoms with E-state index in [0.29, 0.717) is 17.0 Å². The molecule has 1 aromatic heterocycles. The SMILES string of the molecule is COc1ccc(OC(C)=O)c(C(=O)Nc2cccc3cccnc23)c1OC. The number of aromatic nitrogens is 1. The number of ether oxygens (including phenoxy) is 3. The Morgan fingerprint density at radius 3 is 2.41 bits per heavy atom. The fourth-order valence-electron chi connectivity index (χ4n) is 2.75. The van der Waals surface area contributed by atoms with E-state index in [9.17, 15) is 9.59 Å². The molecule has 0 atom stereocenters. The quantitative estimate of drug-likeness (QED) is 0.550. The molecule has 0 bridgehead atoms. The molecule has 1 heterocycles. The lowest BCUT2D eigenvalue weighted by Gasteiger charge is -2.16. The van der Waals surface area contributed by atoms with Gasteiger partial charge < -0.3 is 19.5 Å². The fraction of sp³-hybridized carbons (Fsp3) is 0.150. The Labute approximate surface area is 155 Å². The largest absolute Gasteiger partial charge is 0.493 e. The molecule has 0 aliphatic heterocycles. The lowest BCUT2D eigenvalue weighted by molar-refractivity contribution is -0.131. The Morgan fingerprint density at radius 1 is 0.963 bits per heavy atom. The predicted molar refractivity (Wildman–Crippen MR) is 101 cm³/mol. The highest BCUT2D eigenvalue weighted by Crippen LogP contribution is 2.38. The summed E-state index contributed by atoms with van der Waals surface area (Å²) in [4.78, 5) is 28.8. The molecule has 1 N–H and O–H groups in total. The van der Waals surface area contributed by atoms with Gasteiger partial charge in [-0.2, -0.15) is 0 Å². The third-order valence-electron chi connectivity index (χ3n) is 3.87. The molecule has 0 radical (unpaired) electrons. The fourth-order valence-corrected chi connectivity index (χ4v) is 2.75. The number of esters is 1. The number of hydrogen-bond acceptors (Lipinski definition) is 6. The molecule has 0 aliphatic carbocycles. The Balaban J connectivity index is 2.08. The monoisotopic (exact) mass is 366 g/mol. The minimum absolute atomic E-state index is 0.0555. The molecule has 2 aromatic carbocycles.